The number of aromatic nitrogens is 1. The molecule has 17 heavy (non-hydrogen) atoms. The number of benzene rings is 2. The van der Waals surface area contributed by atoms with E-state index in [2.05, 4.69) is 47.4 Å². The van der Waals surface area contributed by atoms with Crippen LogP contribution >= 0.6 is 0 Å². The summed E-state index contributed by atoms with van der Waals surface area (Å²) in [5.74, 6) is 0. The van der Waals surface area contributed by atoms with Crippen LogP contribution in [0.15, 0.2) is 54.9 Å². The fourth-order valence-electron chi connectivity index (χ4n) is 2.72. The maximum absolute atomic E-state index is 4.19. The first-order valence-electron chi connectivity index (χ1n) is 5.87. The summed E-state index contributed by atoms with van der Waals surface area (Å²) in [6.45, 7) is 0. The molecule has 0 bridgehead atoms. The van der Waals surface area contributed by atoms with Crippen LogP contribution in [0.25, 0.3) is 21.9 Å². The van der Waals surface area contributed by atoms with Gasteiger partial charge < -0.3 is 0 Å². The molecule has 0 spiro atoms. The van der Waals surface area contributed by atoms with E-state index in [9.17, 15) is 0 Å². The van der Waals surface area contributed by atoms with Crippen LogP contribution in [0.2, 0.25) is 0 Å². The molecule has 4 rings (SSSR count). The first-order valence-corrected chi connectivity index (χ1v) is 5.87. The fraction of sp³-hybridized carbons (Fsp3) is 0.0625. The largest absolute Gasteiger partial charge is 0.264 e. The summed E-state index contributed by atoms with van der Waals surface area (Å²) in [6, 6.07) is 15.3. The minimum absolute atomic E-state index is 1.06. The number of pyridine rings is 1. The zero-order valence-electron chi connectivity index (χ0n) is 9.35. The Morgan fingerprint density at radius 3 is 2.76 bits per heavy atom. The van der Waals surface area contributed by atoms with Gasteiger partial charge in [-0.3, -0.25) is 4.98 Å². The Kier molecular flexibility index (Phi) is 1.67. The maximum Gasteiger partial charge on any atom is 0.0346 e. The monoisotopic (exact) mass is 217 g/mol. The van der Waals surface area contributed by atoms with Crippen molar-refractivity contribution in [3.63, 3.8) is 0 Å². The van der Waals surface area contributed by atoms with Crippen molar-refractivity contribution >= 4 is 10.8 Å². The van der Waals surface area contributed by atoms with E-state index in [-0.39, 0.29) is 0 Å². The lowest BCUT2D eigenvalue weighted by Gasteiger charge is -2.03. The molecule has 0 N–H and O–H groups in total. The van der Waals surface area contributed by atoms with Gasteiger partial charge in [-0.05, 0) is 46.2 Å². The average molecular weight is 217 g/mol. The lowest BCUT2D eigenvalue weighted by atomic mass is 10.0. The minimum Gasteiger partial charge on any atom is -0.264 e. The van der Waals surface area contributed by atoms with Crippen molar-refractivity contribution in [2.75, 3.05) is 0 Å². The molecule has 1 aromatic heterocycles. The Bertz CT molecular complexity index is 728. The quantitative estimate of drug-likeness (QED) is 0.436. The molecule has 1 aliphatic rings. The Balaban J connectivity index is 2.07. The maximum atomic E-state index is 4.19. The molecule has 0 aliphatic heterocycles. The zero-order chi connectivity index (χ0) is 11.2. The van der Waals surface area contributed by atoms with Crippen molar-refractivity contribution in [3.8, 4) is 11.1 Å². The van der Waals surface area contributed by atoms with Crippen molar-refractivity contribution < 1.29 is 0 Å². The fourth-order valence-corrected chi connectivity index (χ4v) is 2.72. The third-order valence-electron chi connectivity index (χ3n) is 3.55. The number of hydrogen-bond acceptors (Lipinski definition) is 1. The SMILES string of the molecule is c1ccc2c(c1)Cc1cc3ccncc3cc1-2. The van der Waals surface area contributed by atoms with Crippen LogP contribution in [0.4, 0.5) is 0 Å². The van der Waals surface area contributed by atoms with Gasteiger partial charge in [0.15, 0.2) is 0 Å². The van der Waals surface area contributed by atoms with Crippen LogP contribution < -0.4 is 0 Å². The molecule has 0 radical (unpaired) electrons. The summed E-state index contributed by atoms with van der Waals surface area (Å²) in [7, 11) is 0. The van der Waals surface area contributed by atoms with Gasteiger partial charge in [0.05, 0.1) is 0 Å². The van der Waals surface area contributed by atoms with Gasteiger partial charge in [0.25, 0.3) is 0 Å². The Hall–Kier alpha value is -2.15. The van der Waals surface area contributed by atoms with Gasteiger partial charge in [-0.15, -0.1) is 0 Å². The number of hydrogen-bond donors (Lipinski definition) is 0. The number of nitrogens with zero attached hydrogens (tertiary/aromatic N) is 1. The molecule has 1 aliphatic carbocycles. The van der Waals surface area contributed by atoms with E-state index >= 15 is 0 Å². The summed E-state index contributed by atoms with van der Waals surface area (Å²) in [6.07, 6.45) is 4.86. The number of rotatable bonds is 0. The van der Waals surface area contributed by atoms with Gasteiger partial charge in [-0.25, -0.2) is 0 Å². The molecule has 2 aromatic carbocycles. The molecule has 0 atom stereocenters. The Morgan fingerprint density at radius 2 is 1.76 bits per heavy atom. The van der Waals surface area contributed by atoms with Crippen LogP contribution in [0.3, 0.4) is 0 Å². The van der Waals surface area contributed by atoms with Crippen LogP contribution in [0.5, 0.6) is 0 Å². The highest BCUT2D eigenvalue weighted by atomic mass is 14.6. The molecule has 0 unspecified atom stereocenters. The predicted octanol–water partition coefficient (Wildman–Crippen LogP) is 3.81. The number of fused-ring (bicyclic) bond motifs is 4. The minimum atomic E-state index is 1.06. The summed E-state index contributed by atoms with van der Waals surface area (Å²) in [5.41, 5.74) is 5.63. The lowest BCUT2D eigenvalue weighted by molar-refractivity contribution is 1.27. The summed E-state index contributed by atoms with van der Waals surface area (Å²) < 4.78 is 0. The van der Waals surface area contributed by atoms with Crippen molar-refractivity contribution in [1.82, 2.24) is 4.98 Å². The van der Waals surface area contributed by atoms with Gasteiger partial charge >= 0.3 is 0 Å². The summed E-state index contributed by atoms with van der Waals surface area (Å²) in [5, 5.41) is 2.51. The Morgan fingerprint density at radius 1 is 0.824 bits per heavy atom. The van der Waals surface area contributed by atoms with Gasteiger partial charge in [0, 0.05) is 17.8 Å². The highest BCUT2D eigenvalue weighted by Gasteiger charge is 2.17. The van der Waals surface area contributed by atoms with Gasteiger partial charge in [-0.2, -0.15) is 0 Å². The molecule has 0 fully saturated rings. The third-order valence-corrected chi connectivity index (χ3v) is 3.55. The van der Waals surface area contributed by atoms with Crippen LogP contribution in [-0.2, 0) is 6.42 Å². The smallest absolute Gasteiger partial charge is 0.0346 e. The summed E-state index contributed by atoms with van der Waals surface area (Å²) >= 11 is 0. The second kappa shape index (κ2) is 3.17. The Labute approximate surface area is 99.7 Å². The second-order valence-corrected chi connectivity index (χ2v) is 4.57. The van der Waals surface area contributed by atoms with E-state index in [1.165, 1.54) is 33.0 Å². The molecule has 3 aromatic rings. The lowest BCUT2D eigenvalue weighted by Crippen LogP contribution is -1.82. The third kappa shape index (κ3) is 1.22. The van der Waals surface area contributed by atoms with Gasteiger partial charge in [-0.1, -0.05) is 30.3 Å². The summed E-state index contributed by atoms with van der Waals surface area (Å²) in [4.78, 5) is 4.19. The molecule has 0 saturated heterocycles. The van der Waals surface area contributed by atoms with E-state index in [4.69, 9.17) is 0 Å². The molecule has 1 heterocycles. The molecule has 1 heteroatoms. The van der Waals surface area contributed by atoms with E-state index in [0.717, 1.165) is 6.42 Å². The molecular weight excluding hydrogens is 206 g/mol. The van der Waals surface area contributed by atoms with Crippen molar-refractivity contribution in [2.24, 2.45) is 0 Å². The molecule has 1 nitrogen and oxygen atoms in total. The molecular formula is C16H11N. The standard InChI is InChI=1S/C16H11N/c1-2-4-15-12(3-1)8-13-7-11-5-6-17-10-14(11)9-16(13)15/h1-7,9-10H,8H2. The van der Waals surface area contributed by atoms with Crippen LogP contribution in [0, 0.1) is 0 Å². The van der Waals surface area contributed by atoms with Crippen molar-refractivity contribution in [2.45, 2.75) is 6.42 Å². The second-order valence-electron chi connectivity index (χ2n) is 4.57. The highest BCUT2D eigenvalue weighted by Crippen LogP contribution is 2.38. The topological polar surface area (TPSA) is 12.9 Å². The normalized spacial score (nSPS) is 12.5. The van der Waals surface area contributed by atoms with Crippen LogP contribution in [-0.4, -0.2) is 4.98 Å². The van der Waals surface area contributed by atoms with E-state index in [0.29, 0.717) is 0 Å². The van der Waals surface area contributed by atoms with Crippen LogP contribution in [0.1, 0.15) is 11.1 Å². The van der Waals surface area contributed by atoms with Gasteiger partial charge in [0.1, 0.15) is 0 Å². The first kappa shape index (κ1) is 8.94. The van der Waals surface area contributed by atoms with Gasteiger partial charge in [0.2, 0.25) is 0 Å². The van der Waals surface area contributed by atoms with Crippen molar-refractivity contribution in [3.05, 3.63) is 66.0 Å². The van der Waals surface area contributed by atoms with Crippen molar-refractivity contribution in [1.29, 1.82) is 0 Å². The average Bonchev–Trinajstić information content (AvgIpc) is 2.73. The molecule has 80 valence electrons. The molecule has 0 saturated carbocycles. The molecule has 0 amide bonds. The van der Waals surface area contributed by atoms with E-state index in [1.54, 1.807) is 0 Å². The highest BCUT2D eigenvalue weighted by molar-refractivity contribution is 5.91. The predicted molar refractivity (Wildman–Crippen MR) is 70.0 cm³/mol. The van der Waals surface area contributed by atoms with E-state index in [1.807, 2.05) is 12.4 Å². The first-order chi connectivity index (χ1) is 8.42. The van der Waals surface area contributed by atoms with E-state index < -0.39 is 0 Å². The zero-order valence-corrected chi connectivity index (χ0v) is 9.35.